The molecular formula is C34H39NO7. The Morgan fingerprint density at radius 3 is 2.50 bits per heavy atom. The van der Waals surface area contributed by atoms with Gasteiger partial charge in [0.15, 0.2) is 0 Å². The Morgan fingerprint density at radius 1 is 1.02 bits per heavy atom. The molecule has 2 heterocycles. The zero-order valence-corrected chi connectivity index (χ0v) is 24.9. The van der Waals surface area contributed by atoms with Gasteiger partial charge in [-0.2, -0.15) is 0 Å². The lowest BCUT2D eigenvalue weighted by Gasteiger charge is -2.24. The second-order valence-corrected chi connectivity index (χ2v) is 12.2. The van der Waals surface area contributed by atoms with Gasteiger partial charge in [-0.25, -0.2) is 4.79 Å². The summed E-state index contributed by atoms with van der Waals surface area (Å²) in [5, 5.41) is 9.13. The van der Waals surface area contributed by atoms with Gasteiger partial charge in [-0.15, -0.1) is 0 Å². The summed E-state index contributed by atoms with van der Waals surface area (Å²) >= 11 is 0. The molecule has 3 aromatic rings. The van der Waals surface area contributed by atoms with Gasteiger partial charge in [-0.1, -0.05) is 24.3 Å². The van der Waals surface area contributed by atoms with Crippen LogP contribution in [0.4, 0.5) is 4.79 Å². The van der Waals surface area contributed by atoms with Gasteiger partial charge in [0, 0.05) is 30.5 Å². The van der Waals surface area contributed by atoms with Crippen LogP contribution in [0.15, 0.2) is 54.6 Å². The van der Waals surface area contributed by atoms with E-state index in [1.807, 2.05) is 51.1 Å². The highest BCUT2D eigenvalue weighted by Crippen LogP contribution is 2.38. The minimum atomic E-state index is -0.829. The third-order valence-electron chi connectivity index (χ3n) is 7.51. The number of carbonyl (C=O) groups excluding carboxylic acids is 1. The normalized spacial score (nSPS) is 17.9. The number of fused-ring (bicyclic) bond motifs is 1. The van der Waals surface area contributed by atoms with Crippen LogP contribution in [0.25, 0.3) is 11.1 Å². The number of carboxylic acid groups (broad SMARTS) is 1. The fourth-order valence-corrected chi connectivity index (χ4v) is 5.67. The van der Waals surface area contributed by atoms with Gasteiger partial charge in [-0.3, -0.25) is 4.79 Å². The zero-order chi connectivity index (χ0) is 30.0. The average molecular weight is 574 g/mol. The molecule has 0 radical (unpaired) electrons. The van der Waals surface area contributed by atoms with Crippen molar-refractivity contribution in [1.29, 1.82) is 0 Å². The molecule has 0 spiro atoms. The molecule has 1 saturated heterocycles. The van der Waals surface area contributed by atoms with Crippen molar-refractivity contribution in [1.82, 2.24) is 4.90 Å². The summed E-state index contributed by atoms with van der Waals surface area (Å²) in [6.07, 6.45) is 0.448. The summed E-state index contributed by atoms with van der Waals surface area (Å²) in [5.41, 5.74) is 5.90. The summed E-state index contributed by atoms with van der Waals surface area (Å²) < 4.78 is 23.6. The van der Waals surface area contributed by atoms with Gasteiger partial charge in [0.05, 0.1) is 19.6 Å². The molecule has 8 heteroatoms. The van der Waals surface area contributed by atoms with Crippen molar-refractivity contribution in [2.75, 3.05) is 19.7 Å². The smallest absolute Gasteiger partial charge is 0.410 e. The van der Waals surface area contributed by atoms with Crippen LogP contribution in [-0.2, 0) is 16.1 Å². The average Bonchev–Trinajstić information content (AvgIpc) is 3.53. The van der Waals surface area contributed by atoms with Crippen LogP contribution in [0.5, 0.6) is 17.2 Å². The van der Waals surface area contributed by atoms with E-state index in [1.165, 1.54) is 0 Å². The van der Waals surface area contributed by atoms with E-state index in [-0.39, 0.29) is 24.5 Å². The molecule has 0 bridgehead atoms. The number of hydrogen-bond acceptors (Lipinski definition) is 6. The highest BCUT2D eigenvalue weighted by atomic mass is 16.6. The summed E-state index contributed by atoms with van der Waals surface area (Å²) in [4.78, 5) is 25.3. The second-order valence-electron chi connectivity index (χ2n) is 12.2. The molecule has 0 aromatic heterocycles. The van der Waals surface area contributed by atoms with Crippen LogP contribution >= 0.6 is 0 Å². The Bertz CT molecular complexity index is 1450. The van der Waals surface area contributed by atoms with Crippen molar-refractivity contribution < 1.29 is 33.6 Å². The number of likely N-dealkylation sites (tertiary alicyclic amines) is 1. The molecule has 5 rings (SSSR count). The molecule has 42 heavy (non-hydrogen) atoms. The fourth-order valence-electron chi connectivity index (χ4n) is 5.67. The van der Waals surface area contributed by atoms with Crippen molar-refractivity contribution >= 4 is 12.1 Å². The molecule has 0 saturated carbocycles. The maximum Gasteiger partial charge on any atom is 0.410 e. The lowest BCUT2D eigenvalue weighted by molar-refractivity contribution is -0.137. The number of aliphatic carboxylic acids is 1. The lowest BCUT2D eigenvalue weighted by Crippen LogP contribution is -2.36. The predicted octanol–water partition coefficient (Wildman–Crippen LogP) is 6.89. The Balaban J connectivity index is 1.22. The molecule has 1 fully saturated rings. The molecule has 0 aliphatic carbocycles. The second kappa shape index (κ2) is 12.0. The number of ether oxygens (including phenoxy) is 4. The minimum Gasteiger partial charge on any atom is -0.492 e. The molecule has 1 amide bonds. The summed E-state index contributed by atoms with van der Waals surface area (Å²) in [6.45, 7) is 11.7. The monoisotopic (exact) mass is 573 g/mol. The minimum absolute atomic E-state index is 0.0548. The first-order valence-corrected chi connectivity index (χ1v) is 14.4. The van der Waals surface area contributed by atoms with Gasteiger partial charge < -0.3 is 29.0 Å². The fraction of sp³-hybridized carbons (Fsp3) is 0.412. The molecule has 3 aromatic carbocycles. The van der Waals surface area contributed by atoms with E-state index in [2.05, 4.69) is 38.1 Å². The van der Waals surface area contributed by atoms with Gasteiger partial charge in [-0.05, 0) is 86.7 Å². The van der Waals surface area contributed by atoms with Crippen molar-refractivity contribution in [2.24, 2.45) is 0 Å². The van der Waals surface area contributed by atoms with Crippen LogP contribution in [-0.4, -0.2) is 53.5 Å². The molecular weight excluding hydrogens is 534 g/mol. The first kappa shape index (κ1) is 29.3. The number of aryl methyl sites for hydroxylation is 2. The number of rotatable bonds is 8. The molecule has 8 nitrogen and oxygen atoms in total. The summed E-state index contributed by atoms with van der Waals surface area (Å²) in [7, 11) is 0. The van der Waals surface area contributed by atoms with E-state index >= 15 is 0 Å². The molecule has 2 aliphatic heterocycles. The highest BCUT2D eigenvalue weighted by Gasteiger charge is 2.31. The molecule has 1 N–H and O–H groups in total. The van der Waals surface area contributed by atoms with Crippen molar-refractivity contribution in [3.05, 3.63) is 76.9 Å². The highest BCUT2D eigenvalue weighted by molar-refractivity contribution is 5.72. The number of nitrogens with zero attached hydrogens (tertiary/aromatic N) is 1. The van der Waals surface area contributed by atoms with E-state index in [1.54, 1.807) is 4.90 Å². The predicted molar refractivity (Wildman–Crippen MR) is 159 cm³/mol. The van der Waals surface area contributed by atoms with Crippen LogP contribution in [0.3, 0.4) is 0 Å². The van der Waals surface area contributed by atoms with E-state index in [4.69, 9.17) is 24.1 Å². The van der Waals surface area contributed by atoms with E-state index in [0.29, 0.717) is 37.8 Å². The topological polar surface area (TPSA) is 94.5 Å². The molecule has 222 valence electrons. The first-order chi connectivity index (χ1) is 19.9. The van der Waals surface area contributed by atoms with Gasteiger partial charge in [0.25, 0.3) is 0 Å². The van der Waals surface area contributed by atoms with Crippen LogP contribution in [0, 0.1) is 13.8 Å². The van der Waals surface area contributed by atoms with Crippen molar-refractivity contribution in [3.8, 4) is 28.4 Å². The number of amides is 1. The number of benzene rings is 3. The Morgan fingerprint density at radius 2 is 1.79 bits per heavy atom. The maximum atomic E-state index is 12.4. The van der Waals surface area contributed by atoms with E-state index in [0.717, 1.165) is 45.6 Å². The molecule has 2 atom stereocenters. The summed E-state index contributed by atoms with van der Waals surface area (Å²) in [5.74, 6) is 1.22. The summed E-state index contributed by atoms with van der Waals surface area (Å²) in [6, 6.07) is 18.0. The standard InChI is InChI=1S/C34H39NO7/c1-21-13-28(41-27-11-12-35(18-27)33(38)42-34(3,4)5)14-22(2)32(21)24-8-6-7-23(15-24)19-39-26-9-10-29-25(16-31(36)37)20-40-30(29)17-26/h6-10,13-15,17,25,27H,11-12,16,18-20H2,1-5H3,(H,36,37)/t25-,27?/m1/s1. The van der Waals surface area contributed by atoms with E-state index < -0.39 is 11.6 Å². The SMILES string of the molecule is Cc1cc(OC2CCN(C(=O)OC(C)(C)C)C2)cc(C)c1-c1cccc(COc2ccc3c(c2)OC[C@H]3CC(=O)O)c1. The first-order valence-electron chi connectivity index (χ1n) is 14.4. The van der Waals surface area contributed by atoms with Crippen LogP contribution in [0.2, 0.25) is 0 Å². The third-order valence-corrected chi connectivity index (χ3v) is 7.51. The van der Waals surface area contributed by atoms with Gasteiger partial charge >= 0.3 is 12.1 Å². The van der Waals surface area contributed by atoms with Gasteiger partial charge in [0.1, 0.15) is 35.6 Å². The Hall–Kier alpha value is -4.20. The quantitative estimate of drug-likeness (QED) is 0.314. The number of carboxylic acids is 1. The maximum absolute atomic E-state index is 12.4. The zero-order valence-electron chi connectivity index (χ0n) is 24.9. The number of carbonyl (C=O) groups is 2. The van der Waals surface area contributed by atoms with Crippen LogP contribution < -0.4 is 14.2 Å². The van der Waals surface area contributed by atoms with Crippen molar-refractivity contribution in [2.45, 2.75) is 71.7 Å². The molecule has 1 unspecified atom stereocenters. The number of hydrogen-bond donors (Lipinski definition) is 1. The lowest BCUT2D eigenvalue weighted by atomic mass is 9.94. The Labute approximate surface area is 247 Å². The van der Waals surface area contributed by atoms with E-state index in [9.17, 15) is 9.59 Å². The third kappa shape index (κ3) is 6.98. The van der Waals surface area contributed by atoms with Crippen LogP contribution in [0.1, 0.15) is 61.8 Å². The van der Waals surface area contributed by atoms with Gasteiger partial charge in [0.2, 0.25) is 0 Å². The molecule has 2 aliphatic rings. The van der Waals surface area contributed by atoms with Crippen molar-refractivity contribution in [3.63, 3.8) is 0 Å². The Kier molecular flexibility index (Phi) is 8.34. The largest absolute Gasteiger partial charge is 0.492 e.